The summed E-state index contributed by atoms with van der Waals surface area (Å²) in [5.41, 5.74) is 1.21. The third kappa shape index (κ3) is 5.21. The van der Waals surface area contributed by atoms with Crippen LogP contribution in [-0.2, 0) is 6.42 Å². The van der Waals surface area contributed by atoms with Gasteiger partial charge in [0.1, 0.15) is 0 Å². The van der Waals surface area contributed by atoms with Gasteiger partial charge in [-0.2, -0.15) is 0 Å². The van der Waals surface area contributed by atoms with E-state index in [0.717, 1.165) is 21.6 Å². The van der Waals surface area contributed by atoms with Crippen LogP contribution in [0.25, 0.3) is 0 Å². The smallest absolute Gasteiger partial charge is 0.0976 e. The molecular formula is C11H17Cl2NS. The molecule has 1 N–H and O–H groups in total. The van der Waals surface area contributed by atoms with Crippen LogP contribution in [0.15, 0.2) is 6.07 Å². The van der Waals surface area contributed by atoms with Gasteiger partial charge in [-0.1, -0.05) is 36.0 Å². The highest BCUT2D eigenvalue weighted by atomic mass is 35.5. The van der Waals surface area contributed by atoms with Crippen molar-refractivity contribution < 1.29 is 0 Å². The van der Waals surface area contributed by atoms with Crippen LogP contribution in [0.1, 0.15) is 31.2 Å². The zero-order valence-electron chi connectivity index (χ0n) is 8.98. The van der Waals surface area contributed by atoms with Gasteiger partial charge < -0.3 is 5.32 Å². The van der Waals surface area contributed by atoms with E-state index < -0.39 is 0 Å². The minimum absolute atomic E-state index is 0.796. The van der Waals surface area contributed by atoms with Crippen molar-refractivity contribution in [3.8, 4) is 0 Å². The van der Waals surface area contributed by atoms with Crippen molar-refractivity contribution >= 4 is 34.5 Å². The van der Waals surface area contributed by atoms with Crippen LogP contribution in [0.3, 0.4) is 0 Å². The first-order chi connectivity index (χ1) is 7.24. The topological polar surface area (TPSA) is 12.0 Å². The van der Waals surface area contributed by atoms with Crippen molar-refractivity contribution in [2.24, 2.45) is 0 Å². The van der Waals surface area contributed by atoms with Gasteiger partial charge in [0.15, 0.2) is 0 Å². The predicted molar refractivity (Wildman–Crippen MR) is 70.4 cm³/mol. The van der Waals surface area contributed by atoms with Gasteiger partial charge in [-0.05, 0) is 44.5 Å². The summed E-state index contributed by atoms with van der Waals surface area (Å²) in [6.07, 6.45) is 6.08. The van der Waals surface area contributed by atoms with Gasteiger partial charge in [-0.15, -0.1) is 11.3 Å². The largest absolute Gasteiger partial charge is 0.320 e. The first kappa shape index (κ1) is 13.3. The quantitative estimate of drug-likeness (QED) is 0.722. The minimum atomic E-state index is 0.796. The molecule has 0 atom stereocenters. The van der Waals surface area contributed by atoms with Gasteiger partial charge in [0.05, 0.1) is 8.67 Å². The molecule has 0 fully saturated rings. The molecule has 0 amide bonds. The summed E-state index contributed by atoms with van der Waals surface area (Å²) in [4.78, 5) is 0. The second-order valence-electron chi connectivity index (χ2n) is 3.62. The number of rotatable bonds is 7. The summed E-state index contributed by atoms with van der Waals surface area (Å²) >= 11 is 13.4. The molecule has 0 bridgehead atoms. The van der Waals surface area contributed by atoms with Gasteiger partial charge in [0.25, 0.3) is 0 Å². The standard InChI is InChI=1S/C11H17Cl2NS/c1-14-7-5-3-2-4-6-9-8-10(12)15-11(9)13/h8,14H,2-7H2,1H3. The van der Waals surface area contributed by atoms with E-state index in [2.05, 4.69) is 5.32 Å². The van der Waals surface area contributed by atoms with E-state index in [1.165, 1.54) is 42.6 Å². The van der Waals surface area contributed by atoms with Crippen LogP contribution in [0.5, 0.6) is 0 Å². The number of halogens is 2. The van der Waals surface area contributed by atoms with E-state index >= 15 is 0 Å². The lowest BCUT2D eigenvalue weighted by Gasteiger charge is -2.00. The molecule has 0 unspecified atom stereocenters. The summed E-state index contributed by atoms with van der Waals surface area (Å²) in [6, 6.07) is 1.99. The molecule has 1 rings (SSSR count). The molecule has 0 saturated heterocycles. The highest BCUT2D eigenvalue weighted by Gasteiger charge is 2.04. The Kier molecular flexibility index (Phi) is 6.66. The summed E-state index contributed by atoms with van der Waals surface area (Å²) in [5.74, 6) is 0. The molecule has 0 aliphatic carbocycles. The van der Waals surface area contributed by atoms with Crippen LogP contribution in [0, 0.1) is 0 Å². The second kappa shape index (κ2) is 7.50. The van der Waals surface area contributed by atoms with E-state index in [-0.39, 0.29) is 0 Å². The molecule has 4 heteroatoms. The van der Waals surface area contributed by atoms with Gasteiger partial charge in [-0.3, -0.25) is 0 Å². The SMILES string of the molecule is CNCCCCCCc1cc(Cl)sc1Cl. The van der Waals surface area contributed by atoms with Crippen molar-refractivity contribution in [3.63, 3.8) is 0 Å². The normalized spacial score (nSPS) is 10.9. The number of hydrogen-bond acceptors (Lipinski definition) is 2. The molecule has 1 nitrogen and oxygen atoms in total. The molecule has 86 valence electrons. The Morgan fingerprint density at radius 1 is 1.20 bits per heavy atom. The first-order valence-electron chi connectivity index (χ1n) is 5.32. The Bertz CT molecular complexity index is 286. The summed E-state index contributed by atoms with van der Waals surface area (Å²) in [6.45, 7) is 1.12. The maximum absolute atomic E-state index is 6.03. The van der Waals surface area contributed by atoms with Crippen LogP contribution >= 0.6 is 34.5 Å². The number of hydrogen-bond donors (Lipinski definition) is 1. The molecule has 0 saturated carbocycles. The molecule has 0 aliphatic heterocycles. The zero-order chi connectivity index (χ0) is 11.1. The molecule has 1 heterocycles. The van der Waals surface area contributed by atoms with Crippen LogP contribution in [-0.4, -0.2) is 13.6 Å². The third-order valence-corrected chi connectivity index (χ3v) is 3.92. The molecule has 1 aromatic rings. The van der Waals surface area contributed by atoms with Gasteiger partial charge in [0.2, 0.25) is 0 Å². The number of aryl methyl sites for hydroxylation is 1. The van der Waals surface area contributed by atoms with E-state index in [0.29, 0.717) is 0 Å². The Morgan fingerprint density at radius 3 is 2.53 bits per heavy atom. The zero-order valence-corrected chi connectivity index (χ0v) is 11.3. The predicted octanol–water partition coefficient (Wildman–Crippen LogP) is 4.38. The number of unbranched alkanes of at least 4 members (excludes halogenated alkanes) is 3. The molecule has 0 aliphatic rings. The Morgan fingerprint density at radius 2 is 1.93 bits per heavy atom. The minimum Gasteiger partial charge on any atom is -0.320 e. The van der Waals surface area contributed by atoms with Crippen molar-refractivity contribution in [3.05, 3.63) is 20.3 Å². The highest BCUT2D eigenvalue weighted by molar-refractivity contribution is 7.20. The Labute approximate surface area is 106 Å². The lowest BCUT2D eigenvalue weighted by molar-refractivity contribution is 0.617. The van der Waals surface area contributed by atoms with Crippen molar-refractivity contribution in [2.45, 2.75) is 32.1 Å². The number of nitrogens with one attached hydrogen (secondary N) is 1. The van der Waals surface area contributed by atoms with Gasteiger partial charge in [-0.25, -0.2) is 0 Å². The van der Waals surface area contributed by atoms with E-state index in [1.807, 2.05) is 13.1 Å². The maximum Gasteiger partial charge on any atom is 0.0976 e. The van der Waals surface area contributed by atoms with Gasteiger partial charge >= 0.3 is 0 Å². The van der Waals surface area contributed by atoms with Crippen LogP contribution in [0.4, 0.5) is 0 Å². The first-order valence-corrected chi connectivity index (χ1v) is 6.89. The summed E-state index contributed by atoms with van der Waals surface area (Å²) in [5, 5.41) is 3.15. The lowest BCUT2D eigenvalue weighted by Crippen LogP contribution is -2.06. The fraction of sp³-hybridized carbons (Fsp3) is 0.636. The highest BCUT2D eigenvalue weighted by Crippen LogP contribution is 2.32. The molecule has 0 aromatic carbocycles. The van der Waals surface area contributed by atoms with Crippen LogP contribution in [0.2, 0.25) is 8.67 Å². The molecule has 0 spiro atoms. The van der Waals surface area contributed by atoms with E-state index in [1.54, 1.807) is 0 Å². The fourth-order valence-electron chi connectivity index (χ4n) is 1.52. The monoisotopic (exact) mass is 265 g/mol. The summed E-state index contributed by atoms with van der Waals surface area (Å²) in [7, 11) is 1.99. The van der Waals surface area contributed by atoms with Crippen molar-refractivity contribution in [2.75, 3.05) is 13.6 Å². The van der Waals surface area contributed by atoms with Gasteiger partial charge in [0, 0.05) is 0 Å². The van der Waals surface area contributed by atoms with Crippen molar-refractivity contribution in [1.29, 1.82) is 0 Å². The fourth-order valence-corrected chi connectivity index (χ4v) is 3.06. The third-order valence-electron chi connectivity index (χ3n) is 2.35. The van der Waals surface area contributed by atoms with E-state index in [4.69, 9.17) is 23.2 Å². The Hall–Kier alpha value is 0.240. The average molecular weight is 266 g/mol. The van der Waals surface area contributed by atoms with Crippen molar-refractivity contribution in [1.82, 2.24) is 5.32 Å². The molecule has 0 radical (unpaired) electrons. The average Bonchev–Trinajstić information content (AvgIpc) is 2.51. The maximum atomic E-state index is 6.03. The molecule has 1 aromatic heterocycles. The lowest BCUT2D eigenvalue weighted by atomic mass is 10.1. The van der Waals surface area contributed by atoms with E-state index in [9.17, 15) is 0 Å². The number of thiophene rings is 1. The molecule has 15 heavy (non-hydrogen) atoms. The van der Waals surface area contributed by atoms with Crippen LogP contribution < -0.4 is 5.32 Å². The second-order valence-corrected chi connectivity index (χ2v) is 5.90. The summed E-state index contributed by atoms with van der Waals surface area (Å²) < 4.78 is 1.65. The molecular weight excluding hydrogens is 249 g/mol. The Balaban J connectivity index is 2.12.